The van der Waals surface area contributed by atoms with E-state index in [9.17, 15) is 4.79 Å². The van der Waals surface area contributed by atoms with Crippen molar-refractivity contribution in [3.63, 3.8) is 0 Å². The Bertz CT molecular complexity index is 1190. The fourth-order valence-corrected chi connectivity index (χ4v) is 4.79. The topological polar surface area (TPSA) is 92.1 Å². The molecular formula is C24H30N8O. The summed E-state index contributed by atoms with van der Waals surface area (Å²) in [5.41, 5.74) is 3.33. The number of pyridine rings is 2. The number of carbonyl (C=O) groups is 1. The maximum Gasteiger partial charge on any atom is 0.260 e. The molecule has 3 aromatic heterocycles. The number of hydrogen-bond donors (Lipinski definition) is 1. The number of hydrogen-bond acceptors (Lipinski definition) is 7. The van der Waals surface area contributed by atoms with Crippen molar-refractivity contribution in [2.75, 3.05) is 23.4 Å². The maximum absolute atomic E-state index is 13.6. The molecule has 2 aliphatic rings. The molecule has 1 fully saturated rings. The lowest BCUT2D eigenvalue weighted by molar-refractivity contribution is 0.0996. The number of nitrogens with one attached hydrogen (secondary N) is 1. The second-order valence-corrected chi connectivity index (χ2v) is 8.80. The lowest BCUT2D eigenvalue weighted by Gasteiger charge is -2.25. The molecule has 0 saturated carbocycles. The standard InChI is InChI=1S/C24H30N8O/c1-5-30-14-26-29-23(30)19-9-6-10-20(27-19)32-13-18-17(24(32)33)12-21(28-22(18)16(3)25-4)31-11-7-8-15(31)2/h6,9-10,12,14-16,25H,5,7-8,11,13H2,1-4H3/t15-,16?/m1/s1. The second-order valence-electron chi connectivity index (χ2n) is 8.80. The van der Waals surface area contributed by atoms with Crippen molar-refractivity contribution in [2.45, 2.75) is 58.8 Å². The third kappa shape index (κ3) is 3.66. The quantitative estimate of drug-likeness (QED) is 0.622. The van der Waals surface area contributed by atoms with Crippen LogP contribution in [0.5, 0.6) is 0 Å². The van der Waals surface area contributed by atoms with Gasteiger partial charge in [-0.1, -0.05) is 6.07 Å². The molecule has 0 aromatic carbocycles. The van der Waals surface area contributed by atoms with Gasteiger partial charge in [-0.05, 0) is 58.9 Å². The third-order valence-corrected chi connectivity index (χ3v) is 6.82. The van der Waals surface area contributed by atoms with Crippen LogP contribution in [0.3, 0.4) is 0 Å². The van der Waals surface area contributed by atoms with Crippen LogP contribution in [0.15, 0.2) is 30.6 Å². The minimum Gasteiger partial charge on any atom is -0.354 e. The molecule has 5 rings (SSSR count). The number of aromatic nitrogens is 5. The first kappa shape index (κ1) is 21.5. The van der Waals surface area contributed by atoms with Crippen molar-refractivity contribution in [1.82, 2.24) is 30.0 Å². The summed E-state index contributed by atoms with van der Waals surface area (Å²) in [5, 5.41) is 11.5. The predicted octanol–water partition coefficient (Wildman–Crippen LogP) is 3.18. The SMILES string of the molecule is CCn1cnnc1-c1cccc(N2Cc3c(cc(N4CCC[C@H]4C)nc3C(C)NC)C2=O)n1. The highest BCUT2D eigenvalue weighted by Crippen LogP contribution is 2.35. The van der Waals surface area contributed by atoms with Crippen molar-refractivity contribution < 1.29 is 4.79 Å². The van der Waals surface area contributed by atoms with Gasteiger partial charge in [-0.25, -0.2) is 9.97 Å². The van der Waals surface area contributed by atoms with Gasteiger partial charge in [0.15, 0.2) is 5.82 Å². The molecule has 0 bridgehead atoms. The molecule has 3 aromatic rings. The van der Waals surface area contributed by atoms with E-state index in [1.807, 2.05) is 42.8 Å². The molecule has 2 aliphatic heterocycles. The molecule has 1 N–H and O–H groups in total. The summed E-state index contributed by atoms with van der Waals surface area (Å²) < 4.78 is 1.94. The van der Waals surface area contributed by atoms with Crippen LogP contribution >= 0.6 is 0 Å². The van der Waals surface area contributed by atoms with Crippen LogP contribution in [0.25, 0.3) is 11.5 Å². The van der Waals surface area contributed by atoms with E-state index in [1.54, 1.807) is 11.2 Å². The Kier molecular flexibility index (Phi) is 5.57. The minimum absolute atomic E-state index is 0.0340. The van der Waals surface area contributed by atoms with Gasteiger partial charge in [-0.3, -0.25) is 9.69 Å². The lowest BCUT2D eigenvalue weighted by Crippen LogP contribution is -2.28. The molecule has 172 valence electrons. The van der Waals surface area contributed by atoms with Crippen LogP contribution in [-0.4, -0.2) is 50.3 Å². The first-order chi connectivity index (χ1) is 16.0. The molecule has 0 radical (unpaired) electrons. The zero-order valence-corrected chi connectivity index (χ0v) is 19.6. The Hall–Kier alpha value is -3.33. The summed E-state index contributed by atoms with van der Waals surface area (Å²) in [6.07, 6.45) is 3.99. The number of nitrogens with zero attached hydrogens (tertiary/aromatic N) is 7. The Morgan fingerprint density at radius 2 is 2.09 bits per heavy atom. The smallest absolute Gasteiger partial charge is 0.260 e. The summed E-state index contributed by atoms with van der Waals surface area (Å²) in [6, 6.07) is 8.12. The molecule has 2 atom stereocenters. The summed E-state index contributed by atoms with van der Waals surface area (Å²) in [6.45, 7) is 8.52. The molecule has 0 aliphatic carbocycles. The van der Waals surface area contributed by atoms with Crippen LogP contribution in [0.1, 0.15) is 61.3 Å². The molecule has 9 heteroatoms. The molecular weight excluding hydrogens is 416 g/mol. The third-order valence-electron chi connectivity index (χ3n) is 6.82. The van der Waals surface area contributed by atoms with Crippen LogP contribution < -0.4 is 15.1 Å². The first-order valence-corrected chi connectivity index (χ1v) is 11.7. The van der Waals surface area contributed by atoms with E-state index in [4.69, 9.17) is 9.97 Å². The second kappa shape index (κ2) is 8.55. The highest BCUT2D eigenvalue weighted by molar-refractivity contribution is 6.10. The molecule has 0 spiro atoms. The van der Waals surface area contributed by atoms with Crippen LogP contribution in [0.4, 0.5) is 11.6 Å². The number of aryl methyl sites for hydroxylation is 1. The van der Waals surface area contributed by atoms with Gasteiger partial charge < -0.3 is 14.8 Å². The van der Waals surface area contributed by atoms with Crippen molar-refractivity contribution >= 4 is 17.5 Å². The largest absolute Gasteiger partial charge is 0.354 e. The van der Waals surface area contributed by atoms with Crippen molar-refractivity contribution in [3.05, 3.63) is 47.4 Å². The number of fused-ring (bicyclic) bond motifs is 1. The van der Waals surface area contributed by atoms with E-state index in [1.165, 1.54) is 0 Å². The monoisotopic (exact) mass is 446 g/mol. The number of amides is 1. The molecule has 9 nitrogen and oxygen atoms in total. The Morgan fingerprint density at radius 1 is 1.24 bits per heavy atom. The fourth-order valence-electron chi connectivity index (χ4n) is 4.79. The maximum atomic E-state index is 13.6. The van der Waals surface area contributed by atoms with E-state index in [2.05, 4.69) is 34.3 Å². The van der Waals surface area contributed by atoms with Crippen LogP contribution in [0, 0.1) is 0 Å². The Labute approximate surface area is 193 Å². The fraction of sp³-hybridized carbons (Fsp3) is 0.458. The average molecular weight is 447 g/mol. The average Bonchev–Trinajstić information content (AvgIpc) is 3.57. The number of anilines is 2. The summed E-state index contributed by atoms with van der Waals surface area (Å²) in [5.74, 6) is 2.16. The van der Waals surface area contributed by atoms with E-state index in [-0.39, 0.29) is 11.9 Å². The van der Waals surface area contributed by atoms with Gasteiger partial charge in [0.05, 0.1) is 17.8 Å². The van der Waals surface area contributed by atoms with Gasteiger partial charge in [0.25, 0.3) is 5.91 Å². The zero-order chi connectivity index (χ0) is 23.1. The van der Waals surface area contributed by atoms with Gasteiger partial charge in [0.1, 0.15) is 23.7 Å². The summed E-state index contributed by atoms with van der Waals surface area (Å²) in [4.78, 5) is 27.5. The molecule has 1 amide bonds. The number of carbonyl (C=O) groups excluding carboxylic acids is 1. The molecule has 1 unspecified atom stereocenters. The molecule has 5 heterocycles. The summed E-state index contributed by atoms with van der Waals surface area (Å²) >= 11 is 0. The normalized spacial score (nSPS) is 18.8. The van der Waals surface area contributed by atoms with E-state index < -0.39 is 0 Å². The zero-order valence-electron chi connectivity index (χ0n) is 19.6. The minimum atomic E-state index is -0.0355. The highest BCUT2D eigenvalue weighted by Gasteiger charge is 2.35. The Balaban J connectivity index is 1.54. The molecule has 1 saturated heterocycles. The number of rotatable bonds is 6. The van der Waals surface area contributed by atoms with Gasteiger partial charge in [-0.2, -0.15) is 0 Å². The van der Waals surface area contributed by atoms with Crippen molar-refractivity contribution in [1.29, 1.82) is 0 Å². The van der Waals surface area contributed by atoms with Crippen LogP contribution in [0.2, 0.25) is 0 Å². The van der Waals surface area contributed by atoms with Crippen molar-refractivity contribution in [2.24, 2.45) is 0 Å². The van der Waals surface area contributed by atoms with E-state index in [0.29, 0.717) is 29.9 Å². The molecule has 33 heavy (non-hydrogen) atoms. The van der Waals surface area contributed by atoms with Crippen molar-refractivity contribution in [3.8, 4) is 11.5 Å². The lowest BCUT2D eigenvalue weighted by atomic mass is 10.0. The summed E-state index contributed by atoms with van der Waals surface area (Å²) in [7, 11) is 1.92. The van der Waals surface area contributed by atoms with Gasteiger partial charge in [0, 0.05) is 30.7 Å². The van der Waals surface area contributed by atoms with Crippen LogP contribution in [-0.2, 0) is 13.1 Å². The van der Waals surface area contributed by atoms with E-state index >= 15 is 0 Å². The highest BCUT2D eigenvalue weighted by atomic mass is 16.2. The van der Waals surface area contributed by atoms with Gasteiger partial charge in [-0.15, -0.1) is 10.2 Å². The Morgan fingerprint density at radius 3 is 2.82 bits per heavy atom. The van der Waals surface area contributed by atoms with Gasteiger partial charge in [0.2, 0.25) is 0 Å². The first-order valence-electron chi connectivity index (χ1n) is 11.7. The van der Waals surface area contributed by atoms with E-state index in [0.717, 1.165) is 48.6 Å². The predicted molar refractivity (Wildman–Crippen MR) is 127 cm³/mol. The van der Waals surface area contributed by atoms with Gasteiger partial charge >= 0.3 is 0 Å².